The Morgan fingerprint density at radius 3 is 2.55 bits per heavy atom. The number of ether oxygens (including phenoxy) is 1. The number of nitrogens with one attached hydrogen (secondary N) is 3. The van der Waals surface area contributed by atoms with E-state index >= 15 is 0 Å². The molecule has 0 heterocycles. The fourth-order valence-electron chi connectivity index (χ4n) is 1.67. The molecule has 6 heteroatoms. The number of carbonyl (C=O) groups excluding carboxylic acids is 1. The minimum atomic E-state index is 0.0762. The van der Waals surface area contributed by atoms with Crippen LogP contribution in [0.5, 0.6) is 0 Å². The quantitative estimate of drug-likeness (QED) is 0.290. The molecular formula is C16H34N4O2. The number of carbonyl (C=O) groups is 1. The third-order valence-corrected chi connectivity index (χ3v) is 2.73. The van der Waals surface area contributed by atoms with Crippen molar-refractivity contribution in [2.45, 2.75) is 47.0 Å². The van der Waals surface area contributed by atoms with E-state index in [1.54, 1.807) is 0 Å². The molecule has 0 saturated carbocycles. The Morgan fingerprint density at radius 2 is 1.91 bits per heavy atom. The van der Waals surface area contributed by atoms with Gasteiger partial charge in [0.05, 0.1) is 0 Å². The van der Waals surface area contributed by atoms with Crippen LogP contribution < -0.4 is 16.0 Å². The molecule has 0 aromatic rings. The summed E-state index contributed by atoms with van der Waals surface area (Å²) in [5.74, 6) is 1.41. The van der Waals surface area contributed by atoms with Crippen LogP contribution in [-0.2, 0) is 9.53 Å². The van der Waals surface area contributed by atoms with Crippen LogP contribution in [0.3, 0.4) is 0 Å². The summed E-state index contributed by atoms with van der Waals surface area (Å²) >= 11 is 0. The van der Waals surface area contributed by atoms with Crippen LogP contribution in [0.15, 0.2) is 4.99 Å². The average Bonchev–Trinajstić information content (AvgIpc) is 2.48. The highest BCUT2D eigenvalue weighted by molar-refractivity contribution is 5.81. The van der Waals surface area contributed by atoms with Gasteiger partial charge in [0, 0.05) is 45.8 Å². The predicted molar refractivity (Wildman–Crippen MR) is 92.2 cm³/mol. The first-order chi connectivity index (χ1) is 10.6. The number of aliphatic imine (C=N–C) groups is 1. The number of hydrogen-bond donors (Lipinski definition) is 3. The summed E-state index contributed by atoms with van der Waals surface area (Å²) in [4.78, 5) is 16.0. The summed E-state index contributed by atoms with van der Waals surface area (Å²) in [7, 11) is 0. The summed E-state index contributed by atoms with van der Waals surface area (Å²) in [6.45, 7) is 12.7. The summed E-state index contributed by atoms with van der Waals surface area (Å²) in [6.07, 6.45) is 2.32. The van der Waals surface area contributed by atoms with Gasteiger partial charge in [-0.05, 0) is 25.7 Å². The minimum absolute atomic E-state index is 0.0762. The highest BCUT2D eigenvalue weighted by Crippen LogP contribution is 1.93. The Balaban J connectivity index is 3.83. The lowest BCUT2D eigenvalue weighted by Crippen LogP contribution is -2.39. The van der Waals surface area contributed by atoms with E-state index in [4.69, 9.17) is 4.74 Å². The smallest absolute Gasteiger partial charge is 0.221 e. The highest BCUT2D eigenvalue weighted by atomic mass is 16.5. The molecule has 0 bridgehead atoms. The first kappa shape index (κ1) is 20.7. The third-order valence-electron chi connectivity index (χ3n) is 2.73. The Kier molecular flexibility index (Phi) is 13.8. The lowest BCUT2D eigenvalue weighted by Gasteiger charge is -2.11. The second-order valence-electron chi connectivity index (χ2n) is 5.61. The maximum Gasteiger partial charge on any atom is 0.221 e. The SMILES string of the molecule is CCCNC(=O)CCNC(=NCCCOCC(C)C)NCC. The molecule has 0 atom stereocenters. The molecule has 3 N–H and O–H groups in total. The largest absolute Gasteiger partial charge is 0.381 e. The molecule has 0 aliphatic rings. The molecular weight excluding hydrogens is 280 g/mol. The van der Waals surface area contributed by atoms with Crippen LogP contribution in [0.1, 0.15) is 47.0 Å². The van der Waals surface area contributed by atoms with Crippen LogP contribution in [0, 0.1) is 5.92 Å². The Morgan fingerprint density at radius 1 is 1.14 bits per heavy atom. The normalized spacial score (nSPS) is 11.6. The molecule has 22 heavy (non-hydrogen) atoms. The molecule has 0 aliphatic carbocycles. The highest BCUT2D eigenvalue weighted by Gasteiger charge is 2.01. The molecule has 0 unspecified atom stereocenters. The molecule has 0 aliphatic heterocycles. The van der Waals surface area contributed by atoms with Crippen molar-refractivity contribution in [2.24, 2.45) is 10.9 Å². The lowest BCUT2D eigenvalue weighted by molar-refractivity contribution is -0.120. The maximum absolute atomic E-state index is 11.5. The van der Waals surface area contributed by atoms with E-state index in [-0.39, 0.29) is 5.91 Å². The second kappa shape index (κ2) is 14.6. The van der Waals surface area contributed by atoms with E-state index in [1.165, 1.54) is 0 Å². The Labute approximate surface area is 135 Å². The Hall–Kier alpha value is -1.30. The van der Waals surface area contributed by atoms with Crippen molar-refractivity contribution in [1.82, 2.24) is 16.0 Å². The van der Waals surface area contributed by atoms with E-state index in [0.29, 0.717) is 18.9 Å². The van der Waals surface area contributed by atoms with Gasteiger partial charge in [0.25, 0.3) is 0 Å². The molecule has 130 valence electrons. The number of rotatable bonds is 12. The fraction of sp³-hybridized carbons (Fsp3) is 0.875. The monoisotopic (exact) mass is 314 g/mol. The topological polar surface area (TPSA) is 74.8 Å². The molecule has 1 amide bonds. The van der Waals surface area contributed by atoms with Crippen LogP contribution in [0.2, 0.25) is 0 Å². The summed E-state index contributed by atoms with van der Waals surface area (Å²) in [5.41, 5.74) is 0. The number of hydrogen-bond acceptors (Lipinski definition) is 3. The average molecular weight is 314 g/mol. The van der Waals surface area contributed by atoms with Gasteiger partial charge in [-0.25, -0.2) is 0 Å². The van der Waals surface area contributed by atoms with Crippen LogP contribution in [0.4, 0.5) is 0 Å². The van der Waals surface area contributed by atoms with E-state index in [1.807, 2.05) is 13.8 Å². The molecule has 0 rings (SSSR count). The molecule has 6 nitrogen and oxygen atoms in total. The Bertz CT molecular complexity index is 307. The number of guanidine groups is 1. The van der Waals surface area contributed by atoms with Gasteiger partial charge in [-0.3, -0.25) is 9.79 Å². The van der Waals surface area contributed by atoms with Crippen molar-refractivity contribution in [2.75, 3.05) is 39.4 Å². The van der Waals surface area contributed by atoms with Crippen molar-refractivity contribution >= 4 is 11.9 Å². The molecule has 0 fully saturated rings. The standard InChI is InChI=1S/C16H34N4O2/c1-5-9-18-15(21)8-11-20-16(17-6-2)19-10-7-12-22-13-14(3)4/h14H,5-13H2,1-4H3,(H,18,21)(H2,17,19,20). The first-order valence-electron chi connectivity index (χ1n) is 8.46. The third kappa shape index (κ3) is 13.7. The number of nitrogens with zero attached hydrogens (tertiary/aromatic N) is 1. The van der Waals surface area contributed by atoms with E-state index in [9.17, 15) is 4.79 Å². The van der Waals surface area contributed by atoms with Crippen LogP contribution >= 0.6 is 0 Å². The van der Waals surface area contributed by atoms with Crippen molar-refractivity contribution in [3.05, 3.63) is 0 Å². The van der Waals surface area contributed by atoms with Crippen LogP contribution in [-0.4, -0.2) is 51.3 Å². The zero-order valence-corrected chi connectivity index (χ0v) is 14.7. The van der Waals surface area contributed by atoms with Crippen molar-refractivity contribution in [3.63, 3.8) is 0 Å². The van der Waals surface area contributed by atoms with Gasteiger partial charge >= 0.3 is 0 Å². The zero-order chi connectivity index (χ0) is 16.6. The molecule has 0 aromatic carbocycles. The zero-order valence-electron chi connectivity index (χ0n) is 14.7. The van der Waals surface area contributed by atoms with Gasteiger partial charge in [-0.2, -0.15) is 0 Å². The van der Waals surface area contributed by atoms with E-state index in [2.05, 4.69) is 34.8 Å². The molecule has 0 saturated heterocycles. The molecule has 0 spiro atoms. The van der Waals surface area contributed by atoms with Gasteiger partial charge in [0.2, 0.25) is 5.91 Å². The van der Waals surface area contributed by atoms with Crippen molar-refractivity contribution < 1.29 is 9.53 Å². The van der Waals surface area contributed by atoms with Crippen LogP contribution in [0.25, 0.3) is 0 Å². The summed E-state index contributed by atoms with van der Waals surface area (Å²) in [6, 6.07) is 0. The van der Waals surface area contributed by atoms with Gasteiger partial charge in [-0.15, -0.1) is 0 Å². The number of amides is 1. The summed E-state index contributed by atoms with van der Waals surface area (Å²) < 4.78 is 5.52. The first-order valence-corrected chi connectivity index (χ1v) is 8.46. The predicted octanol–water partition coefficient (Wildman–Crippen LogP) is 1.52. The molecule has 0 radical (unpaired) electrons. The van der Waals surface area contributed by atoms with Crippen molar-refractivity contribution in [3.8, 4) is 0 Å². The van der Waals surface area contributed by atoms with Crippen molar-refractivity contribution in [1.29, 1.82) is 0 Å². The van der Waals surface area contributed by atoms with Gasteiger partial charge in [0.15, 0.2) is 5.96 Å². The van der Waals surface area contributed by atoms with Gasteiger partial charge in [0.1, 0.15) is 0 Å². The minimum Gasteiger partial charge on any atom is -0.381 e. The lowest BCUT2D eigenvalue weighted by atomic mass is 10.2. The van der Waals surface area contributed by atoms with E-state index in [0.717, 1.165) is 51.6 Å². The van der Waals surface area contributed by atoms with Gasteiger partial charge < -0.3 is 20.7 Å². The molecule has 0 aromatic heterocycles. The maximum atomic E-state index is 11.5. The van der Waals surface area contributed by atoms with Gasteiger partial charge in [-0.1, -0.05) is 20.8 Å². The van der Waals surface area contributed by atoms with E-state index < -0.39 is 0 Å². The second-order valence-corrected chi connectivity index (χ2v) is 5.61. The fourth-order valence-corrected chi connectivity index (χ4v) is 1.67. The summed E-state index contributed by atoms with van der Waals surface area (Å²) in [5, 5.41) is 9.21.